The maximum atomic E-state index is 12.6. The molecule has 1 aliphatic heterocycles. The molecule has 0 radical (unpaired) electrons. The quantitative estimate of drug-likeness (QED) is 0.149. The highest BCUT2D eigenvalue weighted by atomic mass is 16.6. The second-order valence-electron chi connectivity index (χ2n) is 12.4. The second-order valence-corrected chi connectivity index (χ2v) is 12.4. The highest BCUT2D eigenvalue weighted by Crippen LogP contribution is 2.28. The van der Waals surface area contributed by atoms with Gasteiger partial charge in [0.05, 0.1) is 32.9 Å². The fourth-order valence-corrected chi connectivity index (χ4v) is 5.84. The molecule has 0 aliphatic carbocycles. The number of benzene rings is 2. The summed E-state index contributed by atoms with van der Waals surface area (Å²) >= 11 is 0. The molecule has 0 aromatic heterocycles. The lowest BCUT2D eigenvalue weighted by atomic mass is 10.0. The van der Waals surface area contributed by atoms with Crippen LogP contribution in [0.25, 0.3) is 11.1 Å². The summed E-state index contributed by atoms with van der Waals surface area (Å²) in [4.78, 5) is 15.2. The topological polar surface area (TPSA) is 41.6 Å². The minimum Gasteiger partial charge on any atom is -0.446 e. The maximum Gasteiger partial charge on any atom is 0.411 e. The van der Waals surface area contributed by atoms with E-state index in [4.69, 9.17) is 4.74 Å². The molecule has 5 heteroatoms. The van der Waals surface area contributed by atoms with Crippen molar-refractivity contribution in [3.05, 3.63) is 54.6 Å². The van der Waals surface area contributed by atoms with Crippen molar-refractivity contribution < 1.29 is 14.0 Å². The molecule has 5 nitrogen and oxygen atoms in total. The van der Waals surface area contributed by atoms with Gasteiger partial charge in [-0.1, -0.05) is 94.0 Å². The van der Waals surface area contributed by atoms with Crippen LogP contribution in [0.2, 0.25) is 0 Å². The molecule has 1 fully saturated rings. The summed E-state index contributed by atoms with van der Waals surface area (Å²) in [5.74, 6) is 0. The van der Waals surface area contributed by atoms with E-state index in [1.54, 1.807) is 0 Å². The largest absolute Gasteiger partial charge is 0.446 e. The number of piperidine rings is 1. The van der Waals surface area contributed by atoms with Gasteiger partial charge in [-0.2, -0.15) is 0 Å². The summed E-state index contributed by atoms with van der Waals surface area (Å²) < 4.78 is 6.99. The van der Waals surface area contributed by atoms with Crippen molar-refractivity contribution in [3.63, 3.8) is 0 Å². The van der Waals surface area contributed by atoms with E-state index in [0.29, 0.717) is 0 Å². The van der Waals surface area contributed by atoms with Crippen LogP contribution in [-0.4, -0.2) is 68.4 Å². The first-order chi connectivity index (χ1) is 19.5. The normalized spacial score (nSPS) is 14.8. The Kier molecular flexibility index (Phi) is 14.6. The number of anilines is 1. The van der Waals surface area contributed by atoms with Crippen LogP contribution in [0.4, 0.5) is 10.5 Å². The molecule has 0 unspecified atom stereocenters. The lowest BCUT2D eigenvalue weighted by molar-refractivity contribution is -0.890. The molecule has 1 amide bonds. The molecule has 2 aromatic rings. The third-order valence-electron chi connectivity index (χ3n) is 8.41. The molecule has 0 bridgehead atoms. The number of para-hydroxylation sites is 1. The number of hydrogen-bond donors (Lipinski definition) is 1. The molecule has 3 rings (SSSR count). The van der Waals surface area contributed by atoms with Crippen LogP contribution < -0.4 is 5.32 Å². The zero-order chi connectivity index (χ0) is 28.5. The fraction of sp³-hybridized carbons (Fsp3) is 0.629. The number of carbonyl (C=O) groups is 1. The number of likely N-dealkylation sites (tertiary alicyclic amines) is 1. The number of unbranched alkanes of at least 4 members (excludes halogenated alkanes) is 9. The van der Waals surface area contributed by atoms with Gasteiger partial charge in [0.2, 0.25) is 0 Å². The molecule has 1 N–H and O–H groups in total. The van der Waals surface area contributed by atoms with Gasteiger partial charge in [0, 0.05) is 18.7 Å². The average Bonchev–Trinajstić information content (AvgIpc) is 2.96. The predicted octanol–water partition coefficient (Wildman–Crippen LogP) is 8.75. The Hall–Kier alpha value is -2.37. The first kappa shape index (κ1) is 32.1. The molecule has 1 aliphatic rings. The number of nitrogens with one attached hydrogen (secondary N) is 1. The third kappa shape index (κ3) is 12.4. The van der Waals surface area contributed by atoms with Crippen molar-refractivity contribution in [1.82, 2.24) is 4.90 Å². The van der Waals surface area contributed by atoms with Crippen molar-refractivity contribution in [2.24, 2.45) is 0 Å². The van der Waals surface area contributed by atoms with Gasteiger partial charge >= 0.3 is 6.09 Å². The first-order valence-electron chi connectivity index (χ1n) is 16.1. The SMILES string of the molecule is CCCCCC[N+](C)(C)CCCCCCCCCN1CCC(OC(=O)Nc2ccccc2-c2ccccc2)CC1. The molecule has 1 heterocycles. The lowest BCUT2D eigenvalue weighted by Crippen LogP contribution is -2.41. The average molecular weight is 551 g/mol. The summed E-state index contributed by atoms with van der Waals surface area (Å²) in [5, 5.41) is 2.98. The number of amides is 1. The summed E-state index contributed by atoms with van der Waals surface area (Å²) in [6, 6.07) is 18.0. The highest BCUT2D eigenvalue weighted by Gasteiger charge is 2.22. The van der Waals surface area contributed by atoms with E-state index >= 15 is 0 Å². The highest BCUT2D eigenvalue weighted by molar-refractivity contribution is 5.91. The number of ether oxygens (including phenoxy) is 1. The summed E-state index contributed by atoms with van der Waals surface area (Å²) in [6.45, 7) is 8.16. The Morgan fingerprint density at radius 2 is 1.38 bits per heavy atom. The molecule has 0 saturated carbocycles. The van der Waals surface area contributed by atoms with E-state index < -0.39 is 0 Å². The fourth-order valence-electron chi connectivity index (χ4n) is 5.84. The van der Waals surface area contributed by atoms with Crippen LogP contribution >= 0.6 is 0 Å². The van der Waals surface area contributed by atoms with Gasteiger partial charge in [-0.3, -0.25) is 5.32 Å². The Labute approximate surface area is 244 Å². The van der Waals surface area contributed by atoms with Gasteiger partial charge in [0.25, 0.3) is 0 Å². The van der Waals surface area contributed by atoms with Gasteiger partial charge in [0.1, 0.15) is 6.10 Å². The van der Waals surface area contributed by atoms with E-state index in [9.17, 15) is 4.79 Å². The number of rotatable bonds is 18. The monoisotopic (exact) mass is 550 g/mol. The van der Waals surface area contributed by atoms with Crippen molar-refractivity contribution in [2.45, 2.75) is 96.5 Å². The van der Waals surface area contributed by atoms with Crippen LogP contribution in [0.5, 0.6) is 0 Å². The molecule has 0 spiro atoms. The maximum absolute atomic E-state index is 12.6. The predicted molar refractivity (Wildman–Crippen MR) is 170 cm³/mol. The number of hydrogen-bond acceptors (Lipinski definition) is 3. The van der Waals surface area contributed by atoms with Crippen molar-refractivity contribution in [1.29, 1.82) is 0 Å². The van der Waals surface area contributed by atoms with Crippen molar-refractivity contribution in [3.8, 4) is 11.1 Å². The Bertz CT molecular complexity index is 954. The van der Waals surface area contributed by atoms with Crippen LogP contribution in [0.3, 0.4) is 0 Å². The van der Waals surface area contributed by atoms with Gasteiger partial charge < -0.3 is 14.1 Å². The van der Waals surface area contributed by atoms with Crippen molar-refractivity contribution >= 4 is 11.8 Å². The van der Waals surface area contributed by atoms with E-state index in [0.717, 1.165) is 42.7 Å². The van der Waals surface area contributed by atoms with E-state index in [-0.39, 0.29) is 12.2 Å². The Balaban J connectivity index is 1.20. The van der Waals surface area contributed by atoms with Crippen LogP contribution in [0.15, 0.2) is 54.6 Å². The Morgan fingerprint density at radius 1 is 0.800 bits per heavy atom. The molecule has 1 saturated heterocycles. The summed E-state index contributed by atoms with van der Waals surface area (Å²) in [7, 11) is 4.81. The molecular weight excluding hydrogens is 494 g/mol. The minimum absolute atomic E-state index is 0.0000724. The number of quaternary nitrogens is 1. The van der Waals surface area contributed by atoms with E-state index in [2.05, 4.69) is 43.4 Å². The third-order valence-corrected chi connectivity index (χ3v) is 8.41. The molecule has 0 atom stereocenters. The van der Waals surface area contributed by atoms with Crippen LogP contribution in [0.1, 0.15) is 90.4 Å². The smallest absolute Gasteiger partial charge is 0.411 e. The van der Waals surface area contributed by atoms with E-state index in [1.165, 1.54) is 94.7 Å². The van der Waals surface area contributed by atoms with Crippen LogP contribution in [-0.2, 0) is 4.74 Å². The number of carbonyl (C=O) groups excluding carboxylic acids is 1. The second kappa shape index (κ2) is 18.1. The summed E-state index contributed by atoms with van der Waals surface area (Å²) in [5.41, 5.74) is 2.88. The van der Waals surface area contributed by atoms with Gasteiger partial charge in [-0.25, -0.2) is 4.79 Å². The lowest BCUT2D eigenvalue weighted by Gasteiger charge is -2.31. The minimum atomic E-state index is -0.351. The van der Waals surface area contributed by atoms with Crippen molar-refractivity contribution in [2.75, 3.05) is 52.1 Å². The molecule has 222 valence electrons. The standard InChI is InChI=1S/C35H55N3O2/c1-4-5-6-18-29-38(2,3)30-19-11-9-7-8-10-17-26-37-27-24-32(25-28-37)40-35(39)36-34-23-16-15-22-33(34)31-20-13-12-14-21-31/h12-16,20-23,32H,4-11,17-19,24-30H2,1-3H3/p+1. The van der Waals surface area contributed by atoms with Gasteiger partial charge in [0.15, 0.2) is 0 Å². The molecule has 40 heavy (non-hydrogen) atoms. The van der Waals surface area contributed by atoms with Crippen LogP contribution in [0, 0.1) is 0 Å². The zero-order valence-electron chi connectivity index (χ0n) is 25.7. The van der Waals surface area contributed by atoms with E-state index in [1.807, 2.05) is 42.5 Å². The first-order valence-corrected chi connectivity index (χ1v) is 16.1. The zero-order valence-corrected chi connectivity index (χ0v) is 25.7. The molecular formula is C35H56N3O2+. The van der Waals surface area contributed by atoms with Gasteiger partial charge in [-0.15, -0.1) is 0 Å². The van der Waals surface area contributed by atoms with Gasteiger partial charge in [-0.05, 0) is 63.1 Å². The summed E-state index contributed by atoms with van der Waals surface area (Å²) in [6.07, 6.45) is 16.5. The Morgan fingerprint density at radius 3 is 2.05 bits per heavy atom. The number of nitrogens with zero attached hydrogens (tertiary/aromatic N) is 2. The molecule has 2 aromatic carbocycles.